The summed E-state index contributed by atoms with van der Waals surface area (Å²) in [5, 5.41) is 8.37. The molecular weight excluding hydrogens is 418 g/mol. The molecule has 0 saturated carbocycles. The summed E-state index contributed by atoms with van der Waals surface area (Å²) >= 11 is 3.30. The van der Waals surface area contributed by atoms with Gasteiger partial charge in [-0.3, -0.25) is 14.5 Å². The predicted octanol–water partition coefficient (Wildman–Crippen LogP) is 5.12. The number of halogens is 1. The molecule has 1 aliphatic heterocycles. The van der Waals surface area contributed by atoms with Gasteiger partial charge in [0.05, 0.1) is 0 Å². The lowest BCUT2D eigenvalue weighted by atomic mass is 10.1. The summed E-state index contributed by atoms with van der Waals surface area (Å²) < 4.78 is 0. The highest BCUT2D eigenvalue weighted by molar-refractivity contribution is 9.08. The third-order valence-corrected chi connectivity index (χ3v) is 4.58. The van der Waals surface area contributed by atoms with Gasteiger partial charge in [-0.05, 0) is 56.1 Å². The van der Waals surface area contributed by atoms with Crippen LogP contribution in [-0.2, 0) is 11.9 Å². The Hall–Kier alpha value is -1.82. The average molecular weight is 450 g/mol. The van der Waals surface area contributed by atoms with Gasteiger partial charge in [-0.1, -0.05) is 59.8 Å². The summed E-state index contributed by atoms with van der Waals surface area (Å²) in [4.78, 5) is 23.3. The smallest absolute Gasteiger partial charge is 0.150 e. The van der Waals surface area contributed by atoms with Gasteiger partial charge in [-0.25, -0.2) is 0 Å². The average Bonchev–Trinajstić information content (AvgIpc) is 3.22. The van der Waals surface area contributed by atoms with Crippen LogP contribution in [0.4, 0.5) is 0 Å². The Kier molecular flexibility index (Phi) is 15.1. The first-order valence-electron chi connectivity index (χ1n) is 9.14. The molecule has 28 heavy (non-hydrogen) atoms. The number of likely N-dealkylation sites (tertiary alicyclic amines) is 1. The van der Waals surface area contributed by atoms with E-state index < -0.39 is 0 Å². The van der Waals surface area contributed by atoms with Gasteiger partial charge in [0.2, 0.25) is 0 Å². The zero-order valence-electron chi connectivity index (χ0n) is 15.8. The Morgan fingerprint density at radius 3 is 1.89 bits per heavy atom. The van der Waals surface area contributed by atoms with E-state index >= 15 is 0 Å². The SMILES string of the molecule is C.CCO.O=Cc1cccc(CBr)c1.O=Cc1cccc(CN2CCCC2)c1. The van der Waals surface area contributed by atoms with Crippen LogP contribution in [0.15, 0.2) is 48.5 Å². The molecule has 0 aromatic heterocycles. The van der Waals surface area contributed by atoms with E-state index in [0.29, 0.717) is 0 Å². The number of benzene rings is 2. The van der Waals surface area contributed by atoms with Crippen LogP contribution in [0.1, 0.15) is 59.0 Å². The minimum absolute atomic E-state index is 0. The number of rotatable bonds is 5. The van der Waals surface area contributed by atoms with E-state index in [0.717, 1.165) is 41.1 Å². The molecular formula is C23H32BrNO3. The first-order chi connectivity index (χ1) is 13.2. The Morgan fingerprint density at radius 2 is 1.43 bits per heavy atom. The number of alkyl halides is 1. The highest BCUT2D eigenvalue weighted by Gasteiger charge is 2.11. The second-order valence-electron chi connectivity index (χ2n) is 6.16. The van der Waals surface area contributed by atoms with Gasteiger partial charge in [0.15, 0.2) is 0 Å². The molecule has 1 aliphatic rings. The Labute approximate surface area is 177 Å². The van der Waals surface area contributed by atoms with Gasteiger partial charge in [0.25, 0.3) is 0 Å². The van der Waals surface area contributed by atoms with E-state index in [2.05, 4.69) is 26.9 Å². The van der Waals surface area contributed by atoms with Crippen molar-refractivity contribution in [2.24, 2.45) is 0 Å². The normalized spacial score (nSPS) is 12.5. The van der Waals surface area contributed by atoms with E-state index in [1.54, 1.807) is 13.0 Å². The Balaban J connectivity index is 0.000000461. The van der Waals surface area contributed by atoms with Gasteiger partial charge in [0, 0.05) is 29.6 Å². The van der Waals surface area contributed by atoms with E-state index in [-0.39, 0.29) is 14.0 Å². The third kappa shape index (κ3) is 10.5. The van der Waals surface area contributed by atoms with Crippen molar-refractivity contribution in [2.45, 2.75) is 39.1 Å². The zero-order valence-corrected chi connectivity index (χ0v) is 17.4. The number of carbonyl (C=O) groups excluding carboxylic acids is 2. The van der Waals surface area contributed by atoms with E-state index in [4.69, 9.17) is 5.11 Å². The molecule has 3 rings (SSSR count). The molecule has 1 N–H and O–H groups in total. The van der Waals surface area contributed by atoms with Crippen molar-refractivity contribution in [3.63, 3.8) is 0 Å². The van der Waals surface area contributed by atoms with Crippen LogP contribution in [0, 0.1) is 0 Å². The molecule has 4 nitrogen and oxygen atoms in total. The second kappa shape index (κ2) is 16.2. The number of nitrogens with zero attached hydrogens (tertiary/aromatic N) is 1. The van der Waals surface area contributed by atoms with Crippen LogP contribution in [-0.4, -0.2) is 42.3 Å². The number of hydrogen-bond donors (Lipinski definition) is 1. The molecule has 0 bridgehead atoms. The first kappa shape index (κ1) is 26.2. The van der Waals surface area contributed by atoms with Crippen LogP contribution < -0.4 is 0 Å². The van der Waals surface area contributed by atoms with E-state index in [9.17, 15) is 9.59 Å². The molecule has 2 aromatic carbocycles. The summed E-state index contributed by atoms with van der Waals surface area (Å²) in [7, 11) is 0. The van der Waals surface area contributed by atoms with Crippen molar-refractivity contribution < 1.29 is 14.7 Å². The zero-order chi connectivity index (χ0) is 19.9. The van der Waals surface area contributed by atoms with Gasteiger partial charge < -0.3 is 5.11 Å². The van der Waals surface area contributed by atoms with Crippen molar-refractivity contribution in [3.8, 4) is 0 Å². The maximum Gasteiger partial charge on any atom is 0.150 e. The molecule has 0 amide bonds. The van der Waals surface area contributed by atoms with Crippen LogP contribution in [0.5, 0.6) is 0 Å². The maximum absolute atomic E-state index is 10.6. The topological polar surface area (TPSA) is 57.6 Å². The molecule has 1 heterocycles. The third-order valence-electron chi connectivity index (χ3n) is 3.93. The molecule has 5 heteroatoms. The van der Waals surface area contributed by atoms with Crippen molar-refractivity contribution in [3.05, 3.63) is 70.8 Å². The highest BCUT2D eigenvalue weighted by atomic mass is 79.9. The fraction of sp³-hybridized carbons (Fsp3) is 0.391. The lowest BCUT2D eigenvalue weighted by Crippen LogP contribution is -2.18. The number of aldehydes is 2. The number of aliphatic hydroxyl groups is 1. The van der Waals surface area contributed by atoms with Crippen molar-refractivity contribution in [1.82, 2.24) is 4.90 Å². The second-order valence-corrected chi connectivity index (χ2v) is 6.72. The summed E-state index contributed by atoms with van der Waals surface area (Å²) in [5.74, 6) is 0. The number of hydrogen-bond acceptors (Lipinski definition) is 4. The molecule has 2 aromatic rings. The molecule has 0 atom stereocenters. The predicted molar refractivity (Wildman–Crippen MR) is 120 cm³/mol. The van der Waals surface area contributed by atoms with Gasteiger partial charge in [0.1, 0.15) is 12.6 Å². The lowest BCUT2D eigenvalue weighted by Gasteiger charge is -2.14. The Morgan fingerprint density at radius 1 is 0.964 bits per heavy atom. The maximum atomic E-state index is 10.6. The van der Waals surface area contributed by atoms with Crippen molar-refractivity contribution >= 4 is 28.5 Å². The highest BCUT2D eigenvalue weighted by Crippen LogP contribution is 2.13. The van der Waals surface area contributed by atoms with Crippen LogP contribution in [0.3, 0.4) is 0 Å². The lowest BCUT2D eigenvalue weighted by molar-refractivity contribution is 0.111. The summed E-state index contributed by atoms with van der Waals surface area (Å²) in [6.07, 6.45) is 4.39. The largest absolute Gasteiger partial charge is 0.397 e. The van der Waals surface area contributed by atoms with Gasteiger partial charge >= 0.3 is 0 Å². The van der Waals surface area contributed by atoms with Crippen LogP contribution in [0.25, 0.3) is 0 Å². The van der Waals surface area contributed by atoms with E-state index in [1.165, 1.54) is 31.5 Å². The fourth-order valence-corrected chi connectivity index (χ4v) is 3.06. The Bertz CT molecular complexity index is 685. The minimum atomic E-state index is 0. The van der Waals surface area contributed by atoms with Crippen molar-refractivity contribution in [1.29, 1.82) is 0 Å². The monoisotopic (exact) mass is 449 g/mol. The molecule has 1 saturated heterocycles. The quantitative estimate of drug-likeness (QED) is 0.507. The first-order valence-corrected chi connectivity index (χ1v) is 10.3. The molecule has 154 valence electrons. The van der Waals surface area contributed by atoms with Gasteiger partial charge in [-0.15, -0.1) is 0 Å². The van der Waals surface area contributed by atoms with E-state index in [1.807, 2.05) is 36.4 Å². The fourth-order valence-electron chi connectivity index (χ4n) is 2.71. The standard InChI is InChI=1S/C12H15NO.C8H7BrO.C2H6O.CH4/c14-10-12-5-3-4-11(8-12)9-13-6-1-2-7-13;9-5-7-2-1-3-8(4-7)6-10;1-2-3;/h3-5,8,10H,1-2,6-7,9H2;1-4,6H,5H2;3H,2H2,1H3;1H4. The number of aliphatic hydroxyl groups excluding tert-OH is 1. The molecule has 1 fully saturated rings. The molecule has 0 unspecified atom stereocenters. The molecule has 0 spiro atoms. The molecule has 0 radical (unpaired) electrons. The summed E-state index contributed by atoms with van der Waals surface area (Å²) in [6.45, 7) is 5.32. The summed E-state index contributed by atoms with van der Waals surface area (Å²) in [6, 6.07) is 15.4. The van der Waals surface area contributed by atoms with Crippen LogP contribution in [0.2, 0.25) is 0 Å². The number of carbonyl (C=O) groups is 2. The van der Waals surface area contributed by atoms with Gasteiger partial charge in [-0.2, -0.15) is 0 Å². The molecule has 0 aliphatic carbocycles. The minimum Gasteiger partial charge on any atom is -0.397 e. The van der Waals surface area contributed by atoms with Crippen LogP contribution >= 0.6 is 15.9 Å². The van der Waals surface area contributed by atoms with Crippen molar-refractivity contribution in [2.75, 3.05) is 19.7 Å². The summed E-state index contributed by atoms with van der Waals surface area (Å²) in [5.41, 5.74) is 3.89.